The standard InChI is InChI=1S/C13H17Cl2NO/c14-11-4-3-5-12(15)10(11)8-17-9-13(16)6-1-2-7-13/h3-5H,1-2,6-9,16H2. The van der Waals surface area contributed by atoms with E-state index in [0.717, 1.165) is 18.4 Å². The summed E-state index contributed by atoms with van der Waals surface area (Å²) in [6.07, 6.45) is 4.49. The van der Waals surface area contributed by atoms with Crippen molar-refractivity contribution in [1.29, 1.82) is 0 Å². The summed E-state index contributed by atoms with van der Waals surface area (Å²) < 4.78 is 5.67. The van der Waals surface area contributed by atoms with Gasteiger partial charge in [-0.05, 0) is 25.0 Å². The lowest BCUT2D eigenvalue weighted by Crippen LogP contribution is -2.41. The van der Waals surface area contributed by atoms with Crippen LogP contribution in [0.5, 0.6) is 0 Å². The maximum Gasteiger partial charge on any atom is 0.0746 e. The molecule has 94 valence electrons. The van der Waals surface area contributed by atoms with Gasteiger partial charge in [-0.25, -0.2) is 0 Å². The van der Waals surface area contributed by atoms with E-state index >= 15 is 0 Å². The molecule has 0 unspecified atom stereocenters. The van der Waals surface area contributed by atoms with Gasteiger partial charge in [0.15, 0.2) is 0 Å². The first-order valence-electron chi connectivity index (χ1n) is 5.90. The van der Waals surface area contributed by atoms with E-state index in [9.17, 15) is 0 Å². The van der Waals surface area contributed by atoms with Gasteiger partial charge >= 0.3 is 0 Å². The van der Waals surface area contributed by atoms with Crippen molar-refractivity contribution in [3.8, 4) is 0 Å². The van der Waals surface area contributed by atoms with Gasteiger partial charge in [0.05, 0.1) is 13.2 Å². The minimum atomic E-state index is -0.145. The van der Waals surface area contributed by atoms with Gasteiger partial charge in [0.1, 0.15) is 0 Å². The molecule has 4 heteroatoms. The zero-order chi connectivity index (χ0) is 12.3. The largest absolute Gasteiger partial charge is 0.375 e. The van der Waals surface area contributed by atoms with Gasteiger partial charge in [-0.15, -0.1) is 0 Å². The molecule has 1 aliphatic carbocycles. The van der Waals surface area contributed by atoms with E-state index in [1.807, 2.05) is 18.2 Å². The summed E-state index contributed by atoms with van der Waals surface area (Å²) in [6.45, 7) is 1.01. The van der Waals surface area contributed by atoms with Crippen LogP contribution in [0.1, 0.15) is 31.2 Å². The minimum Gasteiger partial charge on any atom is -0.375 e. The Bertz CT molecular complexity index is 369. The zero-order valence-corrected chi connectivity index (χ0v) is 11.2. The third-order valence-electron chi connectivity index (χ3n) is 3.30. The lowest BCUT2D eigenvalue weighted by Gasteiger charge is -2.23. The van der Waals surface area contributed by atoms with E-state index in [-0.39, 0.29) is 5.54 Å². The molecule has 2 nitrogen and oxygen atoms in total. The minimum absolute atomic E-state index is 0.145. The number of hydrogen-bond donors (Lipinski definition) is 1. The fourth-order valence-electron chi connectivity index (χ4n) is 2.25. The third-order valence-corrected chi connectivity index (χ3v) is 4.01. The topological polar surface area (TPSA) is 35.2 Å². The summed E-state index contributed by atoms with van der Waals surface area (Å²) in [5, 5.41) is 1.30. The summed E-state index contributed by atoms with van der Waals surface area (Å²) >= 11 is 12.1. The van der Waals surface area contributed by atoms with Crippen LogP contribution in [0.2, 0.25) is 10.0 Å². The van der Waals surface area contributed by atoms with Crippen LogP contribution in [0.25, 0.3) is 0 Å². The first-order valence-corrected chi connectivity index (χ1v) is 6.66. The number of rotatable bonds is 4. The molecule has 0 spiro atoms. The maximum absolute atomic E-state index is 6.21. The van der Waals surface area contributed by atoms with E-state index < -0.39 is 0 Å². The lowest BCUT2D eigenvalue weighted by atomic mass is 10.0. The number of benzene rings is 1. The van der Waals surface area contributed by atoms with Crippen LogP contribution < -0.4 is 5.73 Å². The van der Waals surface area contributed by atoms with Gasteiger partial charge in [0.25, 0.3) is 0 Å². The molecule has 1 saturated carbocycles. The number of ether oxygens (including phenoxy) is 1. The highest BCUT2D eigenvalue weighted by molar-refractivity contribution is 6.35. The summed E-state index contributed by atoms with van der Waals surface area (Å²) in [6, 6.07) is 5.47. The lowest BCUT2D eigenvalue weighted by molar-refractivity contribution is 0.0752. The van der Waals surface area contributed by atoms with Gasteiger partial charge in [0.2, 0.25) is 0 Å². The second-order valence-electron chi connectivity index (χ2n) is 4.76. The van der Waals surface area contributed by atoms with Crippen molar-refractivity contribution in [2.75, 3.05) is 6.61 Å². The van der Waals surface area contributed by atoms with Crippen LogP contribution in [0, 0.1) is 0 Å². The molecule has 0 aliphatic heterocycles. The average molecular weight is 274 g/mol. The van der Waals surface area contributed by atoms with Crippen molar-refractivity contribution >= 4 is 23.2 Å². The van der Waals surface area contributed by atoms with E-state index in [2.05, 4.69) is 0 Å². The second kappa shape index (κ2) is 5.57. The Balaban J connectivity index is 1.90. The molecule has 1 aromatic carbocycles. The summed E-state index contributed by atoms with van der Waals surface area (Å²) in [7, 11) is 0. The fraction of sp³-hybridized carbons (Fsp3) is 0.538. The van der Waals surface area contributed by atoms with Crippen LogP contribution >= 0.6 is 23.2 Å². The van der Waals surface area contributed by atoms with Crippen molar-refractivity contribution in [2.24, 2.45) is 5.73 Å². The quantitative estimate of drug-likeness (QED) is 0.906. The van der Waals surface area contributed by atoms with Crippen molar-refractivity contribution in [3.05, 3.63) is 33.8 Å². The van der Waals surface area contributed by atoms with Crippen molar-refractivity contribution in [3.63, 3.8) is 0 Å². The molecule has 2 rings (SSSR count). The van der Waals surface area contributed by atoms with Gasteiger partial charge < -0.3 is 10.5 Å². The molecule has 0 aromatic heterocycles. The van der Waals surface area contributed by atoms with Gasteiger partial charge in [-0.2, -0.15) is 0 Å². The van der Waals surface area contributed by atoms with Gasteiger partial charge in [0, 0.05) is 21.1 Å². The first-order chi connectivity index (χ1) is 8.11. The molecule has 1 aliphatic rings. The molecule has 0 bridgehead atoms. The Kier molecular flexibility index (Phi) is 4.31. The Labute approximate surface area is 112 Å². The van der Waals surface area contributed by atoms with E-state index in [1.54, 1.807) is 0 Å². The molecule has 0 saturated heterocycles. The average Bonchev–Trinajstić information content (AvgIpc) is 2.70. The predicted molar refractivity (Wildman–Crippen MR) is 71.5 cm³/mol. The van der Waals surface area contributed by atoms with Crippen molar-refractivity contribution in [2.45, 2.75) is 37.8 Å². The fourth-order valence-corrected chi connectivity index (χ4v) is 2.76. The summed E-state index contributed by atoms with van der Waals surface area (Å²) in [5.74, 6) is 0. The summed E-state index contributed by atoms with van der Waals surface area (Å²) in [5.41, 5.74) is 6.91. The number of nitrogens with two attached hydrogens (primary N) is 1. The zero-order valence-electron chi connectivity index (χ0n) is 9.72. The highest BCUT2D eigenvalue weighted by Gasteiger charge is 2.29. The second-order valence-corrected chi connectivity index (χ2v) is 5.58. The smallest absolute Gasteiger partial charge is 0.0746 e. The van der Waals surface area contributed by atoms with Crippen LogP contribution in [0.15, 0.2) is 18.2 Å². The predicted octanol–water partition coefficient (Wildman–Crippen LogP) is 3.78. The molecule has 17 heavy (non-hydrogen) atoms. The van der Waals surface area contributed by atoms with E-state index in [4.69, 9.17) is 33.7 Å². The normalized spacial score (nSPS) is 18.5. The Morgan fingerprint density at radius 3 is 2.35 bits per heavy atom. The van der Waals surface area contributed by atoms with Crippen molar-refractivity contribution < 1.29 is 4.74 Å². The molecule has 1 fully saturated rings. The summed E-state index contributed by atoms with van der Waals surface area (Å²) in [4.78, 5) is 0. The molecule has 0 heterocycles. The highest BCUT2D eigenvalue weighted by Crippen LogP contribution is 2.29. The molecule has 0 amide bonds. The van der Waals surface area contributed by atoms with E-state index in [1.165, 1.54) is 12.8 Å². The Morgan fingerprint density at radius 2 is 1.76 bits per heavy atom. The third kappa shape index (κ3) is 3.35. The van der Waals surface area contributed by atoms with Gasteiger partial charge in [-0.3, -0.25) is 0 Å². The first kappa shape index (κ1) is 13.2. The number of hydrogen-bond acceptors (Lipinski definition) is 2. The Hall–Kier alpha value is -0.280. The number of halogens is 2. The monoisotopic (exact) mass is 273 g/mol. The molecule has 2 N–H and O–H groups in total. The van der Waals surface area contributed by atoms with Crippen LogP contribution in [-0.4, -0.2) is 12.1 Å². The molecule has 0 atom stereocenters. The van der Waals surface area contributed by atoms with E-state index in [0.29, 0.717) is 23.3 Å². The molecular formula is C13H17Cl2NO. The SMILES string of the molecule is NC1(COCc2c(Cl)cccc2Cl)CCCC1. The van der Waals surface area contributed by atoms with Crippen LogP contribution in [-0.2, 0) is 11.3 Å². The van der Waals surface area contributed by atoms with Crippen LogP contribution in [0.4, 0.5) is 0 Å². The molecule has 0 radical (unpaired) electrons. The molecular weight excluding hydrogens is 257 g/mol. The van der Waals surface area contributed by atoms with Crippen molar-refractivity contribution in [1.82, 2.24) is 0 Å². The maximum atomic E-state index is 6.21. The van der Waals surface area contributed by atoms with Crippen LogP contribution in [0.3, 0.4) is 0 Å². The Morgan fingerprint density at radius 1 is 1.18 bits per heavy atom. The highest BCUT2D eigenvalue weighted by atomic mass is 35.5. The molecule has 1 aromatic rings. The van der Waals surface area contributed by atoms with Gasteiger partial charge in [-0.1, -0.05) is 42.1 Å².